The Labute approximate surface area is 229 Å². The maximum atomic E-state index is 16.4. The molecule has 4 aliphatic rings. The molecule has 8 rings (SSSR count). The molecule has 4 saturated heterocycles. The first-order chi connectivity index (χ1) is 19.1. The summed E-state index contributed by atoms with van der Waals surface area (Å²) in [5.74, 6) is 0.360. The Bertz CT molecular complexity index is 1570. The van der Waals surface area contributed by atoms with E-state index in [1.165, 1.54) is 24.2 Å². The summed E-state index contributed by atoms with van der Waals surface area (Å²) in [5, 5.41) is 17.0. The Morgan fingerprint density at radius 3 is 2.69 bits per heavy atom. The molecule has 4 fully saturated rings. The SMILES string of the molecule is Oc1ccc2scc(-c3ncc4c(N5CC6CCC(C5)N6)nc(OCC56CCCN5CCC6)nc4c3F)c2c1. The molecule has 10 heteroatoms. The first kappa shape index (κ1) is 23.8. The minimum atomic E-state index is -0.483. The van der Waals surface area contributed by atoms with E-state index in [2.05, 4.69) is 25.1 Å². The van der Waals surface area contributed by atoms with Crippen LogP contribution in [0.1, 0.15) is 38.5 Å². The second-order valence-corrected chi connectivity index (χ2v) is 12.5. The molecule has 0 amide bonds. The highest BCUT2D eigenvalue weighted by Gasteiger charge is 2.45. The molecule has 8 nitrogen and oxygen atoms in total. The van der Waals surface area contributed by atoms with E-state index in [4.69, 9.17) is 9.72 Å². The molecule has 7 heterocycles. The minimum Gasteiger partial charge on any atom is -0.508 e. The third-order valence-corrected chi connectivity index (χ3v) is 10.2. The molecule has 202 valence electrons. The highest BCUT2D eigenvalue weighted by molar-refractivity contribution is 7.17. The summed E-state index contributed by atoms with van der Waals surface area (Å²) < 4.78 is 23.7. The molecule has 4 aromatic rings. The number of halogens is 1. The van der Waals surface area contributed by atoms with Gasteiger partial charge >= 0.3 is 6.01 Å². The zero-order valence-electron chi connectivity index (χ0n) is 21.7. The van der Waals surface area contributed by atoms with Crippen LogP contribution in [0.2, 0.25) is 0 Å². The van der Waals surface area contributed by atoms with Crippen molar-refractivity contribution in [2.45, 2.75) is 56.1 Å². The van der Waals surface area contributed by atoms with E-state index in [9.17, 15) is 5.11 Å². The Morgan fingerprint density at radius 1 is 1.10 bits per heavy atom. The Balaban J connectivity index is 1.24. The average Bonchev–Trinajstić information content (AvgIpc) is 3.71. The molecule has 2 N–H and O–H groups in total. The molecule has 3 aromatic heterocycles. The second kappa shape index (κ2) is 8.97. The van der Waals surface area contributed by atoms with Crippen molar-refractivity contribution < 1.29 is 14.2 Å². The molecule has 2 atom stereocenters. The normalized spacial score (nSPS) is 24.2. The lowest BCUT2D eigenvalue weighted by Gasteiger charge is -2.34. The molecule has 0 spiro atoms. The largest absolute Gasteiger partial charge is 0.508 e. The number of nitrogens with zero attached hydrogens (tertiary/aromatic N) is 5. The summed E-state index contributed by atoms with van der Waals surface area (Å²) in [6, 6.07) is 6.20. The molecule has 39 heavy (non-hydrogen) atoms. The summed E-state index contributed by atoms with van der Waals surface area (Å²) in [5.41, 5.74) is 1.16. The number of pyridine rings is 1. The number of aromatic hydroxyl groups is 1. The van der Waals surface area contributed by atoms with Crippen molar-refractivity contribution in [1.29, 1.82) is 0 Å². The number of benzene rings is 1. The summed E-state index contributed by atoms with van der Waals surface area (Å²) in [7, 11) is 0. The van der Waals surface area contributed by atoms with Gasteiger partial charge in [-0.3, -0.25) is 9.88 Å². The van der Waals surface area contributed by atoms with Crippen LogP contribution in [0, 0.1) is 5.82 Å². The van der Waals surface area contributed by atoms with Gasteiger partial charge in [-0.2, -0.15) is 9.97 Å². The van der Waals surface area contributed by atoms with E-state index in [-0.39, 0.29) is 28.5 Å². The molecule has 1 aromatic carbocycles. The van der Waals surface area contributed by atoms with Crippen molar-refractivity contribution in [1.82, 2.24) is 25.2 Å². The number of thiophene rings is 1. The number of fused-ring (bicyclic) bond motifs is 5. The molecule has 0 saturated carbocycles. The van der Waals surface area contributed by atoms with Crippen molar-refractivity contribution in [3.8, 4) is 23.0 Å². The van der Waals surface area contributed by atoms with E-state index in [0.29, 0.717) is 35.5 Å². The van der Waals surface area contributed by atoms with E-state index in [0.717, 1.165) is 61.9 Å². The van der Waals surface area contributed by atoms with Gasteiger partial charge in [-0.15, -0.1) is 11.3 Å². The van der Waals surface area contributed by atoms with Gasteiger partial charge in [-0.1, -0.05) is 0 Å². The van der Waals surface area contributed by atoms with Crippen LogP contribution in [-0.2, 0) is 0 Å². The highest BCUT2D eigenvalue weighted by atomic mass is 32.1. The number of ether oxygens (including phenoxy) is 1. The molecule has 0 radical (unpaired) electrons. The maximum absolute atomic E-state index is 16.4. The van der Waals surface area contributed by atoms with Gasteiger partial charge in [-0.25, -0.2) is 4.39 Å². The van der Waals surface area contributed by atoms with Crippen LogP contribution in [-0.4, -0.2) is 75.4 Å². The smallest absolute Gasteiger partial charge is 0.319 e. The number of hydrogen-bond acceptors (Lipinski definition) is 9. The predicted octanol–water partition coefficient (Wildman–Crippen LogP) is 4.70. The molecule has 0 aliphatic carbocycles. The van der Waals surface area contributed by atoms with Crippen LogP contribution in [0.3, 0.4) is 0 Å². The minimum absolute atomic E-state index is 0.0478. The zero-order chi connectivity index (χ0) is 26.1. The van der Waals surface area contributed by atoms with Crippen molar-refractivity contribution in [2.24, 2.45) is 0 Å². The fraction of sp³-hybridized carbons (Fsp3) is 0.483. The third-order valence-electron chi connectivity index (χ3n) is 9.25. The van der Waals surface area contributed by atoms with Gasteiger partial charge in [0.25, 0.3) is 0 Å². The van der Waals surface area contributed by atoms with Gasteiger partial charge in [-0.05, 0) is 69.8 Å². The van der Waals surface area contributed by atoms with Gasteiger partial charge in [0.1, 0.15) is 29.4 Å². The number of nitrogens with one attached hydrogen (secondary N) is 1. The third kappa shape index (κ3) is 3.87. The lowest BCUT2D eigenvalue weighted by Crippen LogP contribution is -2.51. The lowest BCUT2D eigenvalue weighted by atomic mass is 9.95. The number of phenolic OH excluding ortho intramolecular Hbond substituents is 1. The first-order valence-corrected chi connectivity index (χ1v) is 14.9. The number of anilines is 1. The second-order valence-electron chi connectivity index (χ2n) is 11.6. The molecular weight excluding hydrogens is 515 g/mol. The van der Waals surface area contributed by atoms with Crippen molar-refractivity contribution in [3.63, 3.8) is 0 Å². The number of phenols is 1. The van der Waals surface area contributed by atoms with Gasteiger partial charge in [0.2, 0.25) is 0 Å². The zero-order valence-corrected chi connectivity index (χ0v) is 22.5. The first-order valence-electron chi connectivity index (χ1n) is 14.0. The lowest BCUT2D eigenvalue weighted by molar-refractivity contribution is 0.108. The van der Waals surface area contributed by atoms with Gasteiger partial charge in [0.05, 0.1) is 10.9 Å². The quantitative estimate of drug-likeness (QED) is 0.373. The van der Waals surface area contributed by atoms with Crippen LogP contribution in [0.4, 0.5) is 10.2 Å². The maximum Gasteiger partial charge on any atom is 0.319 e. The highest BCUT2D eigenvalue weighted by Crippen LogP contribution is 2.41. The Hall–Kier alpha value is -3.08. The van der Waals surface area contributed by atoms with Crippen molar-refractivity contribution in [3.05, 3.63) is 35.6 Å². The number of hydrogen-bond donors (Lipinski definition) is 2. The summed E-state index contributed by atoms with van der Waals surface area (Å²) in [6.45, 7) is 4.39. The monoisotopic (exact) mass is 546 g/mol. The van der Waals surface area contributed by atoms with Crippen LogP contribution in [0.15, 0.2) is 29.8 Å². The van der Waals surface area contributed by atoms with Crippen LogP contribution in [0.25, 0.3) is 32.2 Å². The Kier molecular flexibility index (Phi) is 5.47. The standard InChI is InChI=1S/C29H31FN6O2S/c30-24-25(22-15-39-23-6-5-19(37)11-20(22)23)31-12-21-26(24)33-28(38-16-29-7-1-9-36(29)10-2-8-29)34-27(21)35-13-17-3-4-18(14-35)32-17/h5-6,11-12,15,17-18,32,37H,1-4,7-10,13-14,16H2. The number of rotatable bonds is 5. The summed E-state index contributed by atoms with van der Waals surface area (Å²) in [6.07, 6.45) is 8.60. The molecular formula is C29H31FN6O2S. The van der Waals surface area contributed by atoms with E-state index < -0.39 is 5.82 Å². The summed E-state index contributed by atoms with van der Waals surface area (Å²) in [4.78, 5) is 19.0. The topological polar surface area (TPSA) is 86.6 Å². The molecule has 2 unspecified atom stereocenters. The fourth-order valence-electron chi connectivity index (χ4n) is 7.35. The van der Waals surface area contributed by atoms with Crippen molar-refractivity contribution >= 4 is 38.1 Å². The van der Waals surface area contributed by atoms with E-state index in [1.54, 1.807) is 18.3 Å². The van der Waals surface area contributed by atoms with E-state index in [1.807, 2.05) is 11.4 Å². The molecule has 4 aliphatic heterocycles. The van der Waals surface area contributed by atoms with Crippen molar-refractivity contribution in [2.75, 3.05) is 37.7 Å². The number of aromatic nitrogens is 3. The molecule has 2 bridgehead atoms. The summed E-state index contributed by atoms with van der Waals surface area (Å²) >= 11 is 1.50. The average molecular weight is 547 g/mol. The van der Waals surface area contributed by atoms with E-state index >= 15 is 4.39 Å². The predicted molar refractivity (Wildman–Crippen MR) is 150 cm³/mol. The van der Waals surface area contributed by atoms with Crippen LogP contribution in [0.5, 0.6) is 11.8 Å². The fourth-order valence-corrected chi connectivity index (χ4v) is 8.27. The van der Waals surface area contributed by atoms with Crippen LogP contribution >= 0.6 is 11.3 Å². The van der Waals surface area contributed by atoms with Gasteiger partial charge in [0.15, 0.2) is 5.82 Å². The van der Waals surface area contributed by atoms with Gasteiger partial charge in [0, 0.05) is 52.4 Å². The Morgan fingerprint density at radius 2 is 1.90 bits per heavy atom. The van der Waals surface area contributed by atoms with Crippen LogP contribution < -0.4 is 15.0 Å². The number of piperazine rings is 1. The van der Waals surface area contributed by atoms with Gasteiger partial charge < -0.3 is 20.1 Å².